The highest BCUT2D eigenvalue weighted by atomic mass is 16.2. The zero-order chi connectivity index (χ0) is 21.8. The van der Waals surface area contributed by atoms with Gasteiger partial charge in [0.15, 0.2) is 5.78 Å². The first-order valence-corrected chi connectivity index (χ1v) is 10.1. The Bertz CT molecular complexity index is 794. The van der Waals surface area contributed by atoms with E-state index in [4.69, 9.17) is 11.5 Å². The number of unbranched alkanes of at least 4 members (excludes halogenated alkanes) is 1. The largest absolute Gasteiger partial charge is 0.348 e. The van der Waals surface area contributed by atoms with Crippen LogP contribution >= 0.6 is 0 Å². The summed E-state index contributed by atoms with van der Waals surface area (Å²) in [5, 5.41) is 5.43. The number of carbonyl (C=O) groups excluding carboxylic acids is 3. The number of imidazole rings is 1. The van der Waals surface area contributed by atoms with Crippen molar-refractivity contribution in [3.05, 3.63) is 54.1 Å². The Balaban J connectivity index is 2.09. The molecule has 2 atom stereocenters. The van der Waals surface area contributed by atoms with E-state index in [1.54, 1.807) is 6.20 Å². The molecule has 0 saturated carbocycles. The van der Waals surface area contributed by atoms with E-state index in [-0.39, 0.29) is 25.2 Å². The molecular weight excluding hydrogens is 384 g/mol. The van der Waals surface area contributed by atoms with Crippen molar-refractivity contribution in [3.63, 3.8) is 0 Å². The number of aromatic nitrogens is 2. The van der Waals surface area contributed by atoms with Gasteiger partial charge in [0, 0.05) is 24.7 Å². The minimum absolute atomic E-state index is 0.0861. The molecular formula is C21H30N6O3. The first-order chi connectivity index (χ1) is 14.5. The smallest absolute Gasteiger partial charge is 0.243 e. The average Bonchev–Trinajstić information content (AvgIpc) is 3.26. The van der Waals surface area contributed by atoms with Crippen LogP contribution < -0.4 is 22.1 Å². The van der Waals surface area contributed by atoms with Crippen LogP contribution in [-0.2, 0) is 27.2 Å². The third-order valence-electron chi connectivity index (χ3n) is 4.69. The van der Waals surface area contributed by atoms with Gasteiger partial charge in [0.05, 0.1) is 18.9 Å². The summed E-state index contributed by atoms with van der Waals surface area (Å²) in [5.74, 6) is -0.979. The first kappa shape index (κ1) is 23.2. The van der Waals surface area contributed by atoms with Crippen LogP contribution in [0.4, 0.5) is 0 Å². The number of nitrogens with one attached hydrogen (secondary N) is 3. The number of nitrogens with zero attached hydrogens (tertiary/aromatic N) is 1. The highest BCUT2D eigenvalue weighted by Crippen LogP contribution is 2.09. The fourth-order valence-electron chi connectivity index (χ4n) is 3.08. The van der Waals surface area contributed by atoms with Crippen molar-refractivity contribution in [2.75, 3.05) is 13.1 Å². The fraction of sp³-hybridized carbons (Fsp3) is 0.429. The molecule has 0 bridgehead atoms. The number of hydrogen-bond donors (Lipinski definition) is 5. The molecule has 0 unspecified atom stereocenters. The summed E-state index contributed by atoms with van der Waals surface area (Å²) in [7, 11) is 0. The first-order valence-electron chi connectivity index (χ1n) is 10.1. The van der Waals surface area contributed by atoms with Crippen molar-refractivity contribution in [1.29, 1.82) is 0 Å². The molecule has 0 aliphatic rings. The molecule has 1 aromatic heterocycles. The van der Waals surface area contributed by atoms with Gasteiger partial charge in [-0.15, -0.1) is 0 Å². The van der Waals surface area contributed by atoms with E-state index in [0.29, 0.717) is 25.1 Å². The van der Waals surface area contributed by atoms with Crippen LogP contribution in [0, 0.1) is 0 Å². The third kappa shape index (κ3) is 7.76. The summed E-state index contributed by atoms with van der Waals surface area (Å²) >= 11 is 0. The number of Topliss-reactive ketones (excluding diaryl/α,β-unsaturated/α-hetero) is 1. The van der Waals surface area contributed by atoms with Gasteiger partial charge in [-0.25, -0.2) is 4.98 Å². The van der Waals surface area contributed by atoms with E-state index in [2.05, 4.69) is 20.6 Å². The van der Waals surface area contributed by atoms with Crippen molar-refractivity contribution < 1.29 is 14.4 Å². The van der Waals surface area contributed by atoms with Crippen LogP contribution in [0.5, 0.6) is 0 Å². The SMILES string of the molecule is NCCCC[C@H](NC(=O)[C@H](Cc1cnc[nH]1)NC(=O)CN)C(=O)Cc1ccccc1. The number of aromatic amines is 1. The summed E-state index contributed by atoms with van der Waals surface area (Å²) in [6.07, 6.45) is 5.45. The summed E-state index contributed by atoms with van der Waals surface area (Å²) in [4.78, 5) is 44.5. The van der Waals surface area contributed by atoms with Crippen molar-refractivity contribution in [1.82, 2.24) is 20.6 Å². The maximum atomic E-state index is 12.9. The van der Waals surface area contributed by atoms with Gasteiger partial charge in [-0.05, 0) is 31.4 Å². The molecule has 0 spiro atoms. The van der Waals surface area contributed by atoms with Crippen LogP contribution in [0.1, 0.15) is 30.5 Å². The Morgan fingerprint density at radius 1 is 1.03 bits per heavy atom. The molecule has 2 aromatic rings. The van der Waals surface area contributed by atoms with Gasteiger partial charge in [-0.2, -0.15) is 0 Å². The molecule has 9 nitrogen and oxygen atoms in total. The van der Waals surface area contributed by atoms with E-state index in [1.807, 2.05) is 30.3 Å². The maximum absolute atomic E-state index is 12.9. The molecule has 1 heterocycles. The molecule has 1 aromatic carbocycles. The third-order valence-corrected chi connectivity index (χ3v) is 4.69. The number of hydrogen-bond acceptors (Lipinski definition) is 6. The lowest BCUT2D eigenvalue weighted by Gasteiger charge is -2.23. The standard InChI is InChI=1S/C21H30N6O3/c22-9-5-4-8-17(19(28)10-15-6-2-1-3-7-15)27-21(30)18(26-20(29)12-23)11-16-13-24-14-25-16/h1-3,6-7,13-14,17-18H,4-5,8-12,22-23H2,(H,24,25)(H,26,29)(H,27,30)/t17-,18-/m0/s1. The number of rotatable bonds is 13. The summed E-state index contributed by atoms with van der Waals surface area (Å²) in [5.41, 5.74) is 12.5. The molecule has 0 saturated heterocycles. The number of H-pyrrole nitrogens is 1. The number of nitrogens with two attached hydrogens (primary N) is 2. The second-order valence-electron chi connectivity index (χ2n) is 7.08. The van der Waals surface area contributed by atoms with Gasteiger partial charge in [0.25, 0.3) is 0 Å². The van der Waals surface area contributed by atoms with E-state index in [0.717, 1.165) is 12.0 Å². The topological polar surface area (TPSA) is 156 Å². The lowest BCUT2D eigenvalue weighted by molar-refractivity contribution is -0.131. The predicted octanol–water partition coefficient (Wildman–Crippen LogP) is -0.179. The van der Waals surface area contributed by atoms with Gasteiger partial charge in [-0.3, -0.25) is 14.4 Å². The predicted molar refractivity (Wildman–Crippen MR) is 113 cm³/mol. The van der Waals surface area contributed by atoms with Gasteiger partial charge in [-0.1, -0.05) is 30.3 Å². The van der Waals surface area contributed by atoms with Crippen LogP contribution in [0.25, 0.3) is 0 Å². The summed E-state index contributed by atoms with van der Waals surface area (Å²) < 4.78 is 0. The second-order valence-corrected chi connectivity index (χ2v) is 7.08. The summed E-state index contributed by atoms with van der Waals surface area (Å²) in [6, 6.07) is 7.83. The van der Waals surface area contributed by atoms with Gasteiger partial charge in [0.1, 0.15) is 6.04 Å². The van der Waals surface area contributed by atoms with Crippen molar-refractivity contribution in [3.8, 4) is 0 Å². The number of benzene rings is 1. The van der Waals surface area contributed by atoms with E-state index in [9.17, 15) is 14.4 Å². The van der Waals surface area contributed by atoms with Gasteiger partial charge >= 0.3 is 0 Å². The van der Waals surface area contributed by atoms with Gasteiger partial charge < -0.3 is 27.1 Å². The van der Waals surface area contributed by atoms with Crippen molar-refractivity contribution >= 4 is 17.6 Å². The fourth-order valence-corrected chi connectivity index (χ4v) is 3.08. The number of carbonyl (C=O) groups is 3. The van der Waals surface area contributed by atoms with E-state index < -0.39 is 23.9 Å². The molecule has 7 N–H and O–H groups in total. The van der Waals surface area contributed by atoms with Crippen molar-refractivity contribution in [2.45, 2.75) is 44.2 Å². The van der Waals surface area contributed by atoms with Crippen LogP contribution in [0.15, 0.2) is 42.9 Å². The van der Waals surface area contributed by atoms with Crippen LogP contribution in [0.2, 0.25) is 0 Å². The summed E-state index contributed by atoms with van der Waals surface area (Å²) in [6.45, 7) is 0.280. The molecule has 30 heavy (non-hydrogen) atoms. The van der Waals surface area contributed by atoms with E-state index >= 15 is 0 Å². The second kappa shape index (κ2) is 12.5. The van der Waals surface area contributed by atoms with Crippen molar-refractivity contribution in [2.24, 2.45) is 11.5 Å². The van der Waals surface area contributed by atoms with E-state index in [1.165, 1.54) is 6.33 Å². The normalized spacial score (nSPS) is 12.7. The lowest BCUT2D eigenvalue weighted by atomic mass is 9.98. The monoisotopic (exact) mass is 414 g/mol. The molecule has 0 aliphatic carbocycles. The van der Waals surface area contributed by atoms with Crippen LogP contribution in [0.3, 0.4) is 0 Å². The lowest BCUT2D eigenvalue weighted by Crippen LogP contribution is -2.53. The molecule has 9 heteroatoms. The highest BCUT2D eigenvalue weighted by Gasteiger charge is 2.27. The molecule has 2 rings (SSSR count). The molecule has 0 radical (unpaired) electrons. The average molecular weight is 415 g/mol. The molecule has 162 valence electrons. The Labute approximate surface area is 176 Å². The molecule has 0 aliphatic heterocycles. The minimum Gasteiger partial charge on any atom is -0.348 e. The maximum Gasteiger partial charge on any atom is 0.243 e. The zero-order valence-corrected chi connectivity index (χ0v) is 17.0. The Morgan fingerprint density at radius 3 is 2.43 bits per heavy atom. The number of amides is 2. The van der Waals surface area contributed by atoms with Crippen LogP contribution in [-0.4, -0.2) is 52.7 Å². The molecule has 0 fully saturated rings. The molecule has 2 amide bonds. The number of ketones is 1. The minimum atomic E-state index is -0.872. The quantitative estimate of drug-likeness (QED) is 0.286. The Hall–Kier alpha value is -3.04. The highest BCUT2D eigenvalue weighted by molar-refractivity contribution is 5.93. The zero-order valence-electron chi connectivity index (χ0n) is 17.0. The van der Waals surface area contributed by atoms with Gasteiger partial charge in [0.2, 0.25) is 11.8 Å². The Kier molecular flexibility index (Phi) is 9.69. The Morgan fingerprint density at radius 2 is 1.80 bits per heavy atom.